The van der Waals surface area contributed by atoms with Gasteiger partial charge in [0, 0.05) is 10.7 Å². The van der Waals surface area contributed by atoms with Gasteiger partial charge in [0.25, 0.3) is 5.69 Å². The van der Waals surface area contributed by atoms with Crippen LogP contribution in [0, 0.1) is 15.9 Å². The molecule has 0 spiro atoms. The van der Waals surface area contributed by atoms with Gasteiger partial charge in [-0.15, -0.1) is 0 Å². The number of carbonyl (C=O) groups excluding carboxylic acids is 1. The predicted molar refractivity (Wildman–Crippen MR) is 77.1 cm³/mol. The number of nitrogens with one attached hydrogen (secondary N) is 2. The number of benzene rings is 2. The molecular formula is C13H9ClFN3O3. The fourth-order valence-corrected chi connectivity index (χ4v) is 1.80. The molecule has 0 aliphatic carbocycles. The first-order valence-electron chi connectivity index (χ1n) is 5.73. The maximum atomic E-state index is 13.0. The lowest BCUT2D eigenvalue weighted by atomic mass is 10.2. The van der Waals surface area contributed by atoms with Gasteiger partial charge in [-0.2, -0.15) is 0 Å². The van der Waals surface area contributed by atoms with E-state index in [1.807, 2.05) is 0 Å². The maximum Gasteiger partial charge on any atom is 0.323 e. The zero-order chi connectivity index (χ0) is 15.4. The Morgan fingerprint density at radius 2 is 1.95 bits per heavy atom. The molecule has 0 saturated heterocycles. The van der Waals surface area contributed by atoms with Gasteiger partial charge in [0.1, 0.15) is 11.5 Å². The number of urea groups is 1. The zero-order valence-electron chi connectivity index (χ0n) is 10.5. The Hall–Kier alpha value is -2.67. The van der Waals surface area contributed by atoms with Crippen LogP contribution < -0.4 is 10.6 Å². The molecule has 0 aliphatic rings. The van der Waals surface area contributed by atoms with Crippen LogP contribution in [0.3, 0.4) is 0 Å². The number of nitrogens with zero attached hydrogens (tertiary/aromatic N) is 1. The SMILES string of the molecule is O=C(Nc1cccc(Cl)c1)Nc1ccc(F)cc1[N+](=O)[O-]. The van der Waals surface area contributed by atoms with Crippen molar-refractivity contribution in [2.75, 3.05) is 10.6 Å². The van der Waals surface area contributed by atoms with E-state index >= 15 is 0 Å². The number of nitro benzene ring substituents is 1. The Morgan fingerprint density at radius 3 is 2.62 bits per heavy atom. The third-order valence-electron chi connectivity index (χ3n) is 2.49. The molecule has 8 heteroatoms. The highest BCUT2D eigenvalue weighted by Gasteiger charge is 2.16. The highest BCUT2D eigenvalue weighted by Crippen LogP contribution is 2.25. The smallest absolute Gasteiger partial charge is 0.308 e. The average Bonchev–Trinajstić information content (AvgIpc) is 2.40. The van der Waals surface area contributed by atoms with Crippen molar-refractivity contribution in [2.45, 2.75) is 0 Å². The van der Waals surface area contributed by atoms with E-state index in [0.29, 0.717) is 10.7 Å². The monoisotopic (exact) mass is 309 g/mol. The Bertz CT molecular complexity index is 709. The van der Waals surface area contributed by atoms with Crippen LogP contribution in [-0.4, -0.2) is 11.0 Å². The second-order valence-electron chi connectivity index (χ2n) is 4.01. The molecule has 2 rings (SSSR count). The summed E-state index contributed by atoms with van der Waals surface area (Å²) in [6.45, 7) is 0. The van der Waals surface area contributed by atoms with E-state index in [9.17, 15) is 19.3 Å². The summed E-state index contributed by atoms with van der Waals surface area (Å²) in [4.78, 5) is 21.8. The van der Waals surface area contributed by atoms with E-state index in [4.69, 9.17) is 11.6 Å². The summed E-state index contributed by atoms with van der Waals surface area (Å²) < 4.78 is 13.0. The van der Waals surface area contributed by atoms with Crippen molar-refractivity contribution in [3.8, 4) is 0 Å². The highest BCUT2D eigenvalue weighted by atomic mass is 35.5. The lowest BCUT2D eigenvalue weighted by Crippen LogP contribution is -2.20. The van der Waals surface area contributed by atoms with Crippen LogP contribution >= 0.6 is 11.6 Å². The number of nitro groups is 1. The number of carbonyl (C=O) groups is 1. The molecular weight excluding hydrogens is 301 g/mol. The van der Waals surface area contributed by atoms with E-state index in [1.165, 1.54) is 6.07 Å². The molecule has 108 valence electrons. The molecule has 0 fully saturated rings. The third-order valence-corrected chi connectivity index (χ3v) is 2.72. The van der Waals surface area contributed by atoms with Gasteiger partial charge in [-0.05, 0) is 30.3 Å². The molecule has 0 unspecified atom stereocenters. The fourth-order valence-electron chi connectivity index (χ4n) is 1.61. The summed E-state index contributed by atoms with van der Waals surface area (Å²) in [7, 11) is 0. The Morgan fingerprint density at radius 1 is 1.19 bits per heavy atom. The minimum Gasteiger partial charge on any atom is -0.308 e. The number of hydrogen-bond donors (Lipinski definition) is 2. The quantitative estimate of drug-likeness (QED) is 0.663. The maximum absolute atomic E-state index is 13.0. The van der Waals surface area contributed by atoms with Crippen LogP contribution in [0.15, 0.2) is 42.5 Å². The number of amides is 2. The summed E-state index contributed by atoms with van der Waals surface area (Å²) in [5.74, 6) is -0.762. The topological polar surface area (TPSA) is 84.3 Å². The van der Waals surface area contributed by atoms with E-state index in [0.717, 1.165) is 18.2 Å². The molecule has 0 aliphatic heterocycles. The molecule has 0 heterocycles. The Kier molecular flexibility index (Phi) is 4.34. The summed E-state index contributed by atoms with van der Waals surface area (Å²) in [5.41, 5.74) is -0.220. The number of hydrogen-bond acceptors (Lipinski definition) is 3. The van der Waals surface area contributed by atoms with Crippen molar-refractivity contribution in [1.82, 2.24) is 0 Å². The first kappa shape index (κ1) is 14.7. The largest absolute Gasteiger partial charge is 0.323 e. The van der Waals surface area contributed by atoms with Gasteiger partial charge in [0.15, 0.2) is 0 Å². The summed E-state index contributed by atoms with van der Waals surface area (Å²) in [6, 6.07) is 8.55. The summed E-state index contributed by atoms with van der Waals surface area (Å²) in [6.07, 6.45) is 0. The standard InChI is InChI=1S/C13H9ClFN3O3/c14-8-2-1-3-10(6-8)16-13(19)17-11-5-4-9(15)7-12(11)18(20)21/h1-7H,(H2,16,17,19). The predicted octanol–water partition coefficient (Wildman–Crippen LogP) is 4.03. The molecule has 0 aromatic heterocycles. The number of anilines is 2. The normalized spacial score (nSPS) is 10.0. The molecule has 21 heavy (non-hydrogen) atoms. The molecule has 0 saturated carbocycles. The van der Waals surface area contributed by atoms with Gasteiger partial charge >= 0.3 is 6.03 Å². The van der Waals surface area contributed by atoms with Crippen LogP contribution in [0.25, 0.3) is 0 Å². The van der Waals surface area contributed by atoms with Gasteiger partial charge in [-0.3, -0.25) is 10.1 Å². The zero-order valence-corrected chi connectivity index (χ0v) is 11.2. The van der Waals surface area contributed by atoms with Crippen LogP contribution in [0.4, 0.5) is 26.2 Å². The second kappa shape index (κ2) is 6.19. The molecule has 0 bridgehead atoms. The van der Waals surface area contributed by atoms with Gasteiger partial charge in [0.05, 0.1) is 11.0 Å². The second-order valence-corrected chi connectivity index (χ2v) is 4.44. The van der Waals surface area contributed by atoms with Crippen LogP contribution in [0.2, 0.25) is 5.02 Å². The van der Waals surface area contributed by atoms with E-state index in [-0.39, 0.29) is 5.69 Å². The fraction of sp³-hybridized carbons (Fsp3) is 0. The van der Waals surface area contributed by atoms with Gasteiger partial charge in [-0.1, -0.05) is 17.7 Å². The molecule has 2 N–H and O–H groups in total. The summed E-state index contributed by atoms with van der Waals surface area (Å²) >= 11 is 5.77. The van der Waals surface area contributed by atoms with Crippen LogP contribution in [0.5, 0.6) is 0 Å². The van der Waals surface area contributed by atoms with Crippen LogP contribution in [0.1, 0.15) is 0 Å². The van der Waals surface area contributed by atoms with E-state index < -0.39 is 22.5 Å². The lowest BCUT2D eigenvalue weighted by Gasteiger charge is -2.08. The van der Waals surface area contributed by atoms with Gasteiger partial charge in [-0.25, -0.2) is 9.18 Å². The Balaban J connectivity index is 2.15. The molecule has 2 aromatic rings. The third kappa shape index (κ3) is 3.90. The van der Waals surface area contributed by atoms with Crippen molar-refractivity contribution in [2.24, 2.45) is 0 Å². The van der Waals surface area contributed by atoms with E-state index in [2.05, 4.69) is 10.6 Å². The molecule has 6 nitrogen and oxygen atoms in total. The molecule has 0 radical (unpaired) electrons. The minimum atomic E-state index is -0.780. The van der Waals surface area contributed by atoms with Crippen molar-refractivity contribution >= 4 is 34.7 Å². The summed E-state index contributed by atoms with van der Waals surface area (Å²) in [5, 5.41) is 16.0. The van der Waals surface area contributed by atoms with Gasteiger partial charge < -0.3 is 10.6 Å². The van der Waals surface area contributed by atoms with Gasteiger partial charge in [0.2, 0.25) is 0 Å². The van der Waals surface area contributed by atoms with E-state index in [1.54, 1.807) is 18.2 Å². The first-order valence-corrected chi connectivity index (χ1v) is 6.11. The van der Waals surface area contributed by atoms with Crippen molar-refractivity contribution < 1.29 is 14.1 Å². The highest BCUT2D eigenvalue weighted by molar-refractivity contribution is 6.30. The molecule has 2 amide bonds. The molecule has 0 atom stereocenters. The first-order chi connectivity index (χ1) is 9.95. The van der Waals surface area contributed by atoms with Crippen molar-refractivity contribution in [3.05, 3.63) is 63.4 Å². The van der Waals surface area contributed by atoms with Crippen molar-refractivity contribution in [1.29, 1.82) is 0 Å². The molecule has 2 aromatic carbocycles. The number of rotatable bonds is 3. The lowest BCUT2D eigenvalue weighted by molar-refractivity contribution is -0.384. The minimum absolute atomic E-state index is 0.110. The van der Waals surface area contributed by atoms with Crippen molar-refractivity contribution in [3.63, 3.8) is 0 Å². The number of halogens is 2. The Labute approximate surface area is 123 Å². The average molecular weight is 310 g/mol. The van der Waals surface area contributed by atoms with Crippen LogP contribution in [-0.2, 0) is 0 Å².